The van der Waals surface area contributed by atoms with Gasteiger partial charge in [-0.1, -0.05) is 0 Å². The molecule has 1 heterocycles. The standard InChI is InChI=1S/C22H36N2O8/c1-21(2,8-11-25)32-17-22(3,4)31-16-15-30-14-13-29-12-9-23-18(26)7-10-24-19(27)5-6-20(24)28/h5-6,11H,7-10,12-17H2,1-4H3,(H,23,26). The Morgan fingerprint density at radius 2 is 1.53 bits per heavy atom. The molecule has 182 valence electrons. The average Bonchev–Trinajstić information content (AvgIpc) is 3.04. The summed E-state index contributed by atoms with van der Waals surface area (Å²) in [6, 6.07) is 0. The average molecular weight is 457 g/mol. The van der Waals surface area contributed by atoms with Crippen molar-refractivity contribution in [2.45, 2.75) is 51.7 Å². The fraction of sp³-hybridized carbons (Fsp3) is 0.727. The highest BCUT2D eigenvalue weighted by Crippen LogP contribution is 2.18. The van der Waals surface area contributed by atoms with Gasteiger partial charge >= 0.3 is 0 Å². The van der Waals surface area contributed by atoms with Crippen LogP contribution in [-0.2, 0) is 38.1 Å². The molecule has 1 aliphatic heterocycles. The Kier molecular flexibility index (Phi) is 12.3. The molecular formula is C22H36N2O8. The maximum absolute atomic E-state index is 11.7. The van der Waals surface area contributed by atoms with Crippen LogP contribution in [0.1, 0.15) is 40.5 Å². The molecule has 0 bridgehead atoms. The molecule has 0 spiro atoms. The Balaban J connectivity index is 1.96. The van der Waals surface area contributed by atoms with Gasteiger partial charge in [0.05, 0.1) is 50.8 Å². The van der Waals surface area contributed by atoms with Crippen molar-refractivity contribution in [3.05, 3.63) is 12.2 Å². The molecule has 0 aliphatic carbocycles. The summed E-state index contributed by atoms with van der Waals surface area (Å²) in [7, 11) is 0. The summed E-state index contributed by atoms with van der Waals surface area (Å²) in [6.07, 6.45) is 3.61. The molecule has 32 heavy (non-hydrogen) atoms. The number of imide groups is 1. The van der Waals surface area contributed by atoms with E-state index in [0.717, 1.165) is 11.2 Å². The zero-order valence-corrected chi connectivity index (χ0v) is 19.5. The molecule has 0 saturated carbocycles. The number of rotatable bonds is 18. The summed E-state index contributed by atoms with van der Waals surface area (Å²) in [5, 5.41) is 2.67. The van der Waals surface area contributed by atoms with Crippen molar-refractivity contribution in [1.82, 2.24) is 10.2 Å². The second-order valence-corrected chi connectivity index (χ2v) is 8.51. The summed E-state index contributed by atoms with van der Waals surface area (Å²) in [5.74, 6) is -1.05. The van der Waals surface area contributed by atoms with Gasteiger partial charge in [0.15, 0.2) is 0 Å². The Hall–Kier alpha value is -2.14. The second kappa shape index (κ2) is 14.1. The predicted molar refractivity (Wildman–Crippen MR) is 116 cm³/mol. The van der Waals surface area contributed by atoms with Crippen LogP contribution in [0.4, 0.5) is 0 Å². The largest absolute Gasteiger partial charge is 0.377 e. The number of carbonyl (C=O) groups is 4. The molecule has 10 heteroatoms. The minimum atomic E-state index is -0.515. The van der Waals surface area contributed by atoms with Gasteiger partial charge in [0.25, 0.3) is 11.8 Å². The minimum absolute atomic E-state index is 0.0538. The van der Waals surface area contributed by atoms with Gasteiger partial charge in [0.2, 0.25) is 5.91 Å². The summed E-state index contributed by atoms with van der Waals surface area (Å²) in [6.45, 7) is 10.2. The van der Waals surface area contributed by atoms with Gasteiger partial charge in [0, 0.05) is 38.1 Å². The van der Waals surface area contributed by atoms with Crippen LogP contribution >= 0.6 is 0 Å². The number of hydrogen-bond donors (Lipinski definition) is 1. The molecule has 0 aromatic carbocycles. The number of carbonyl (C=O) groups excluding carboxylic acids is 4. The molecule has 1 rings (SSSR count). The van der Waals surface area contributed by atoms with Gasteiger partial charge < -0.3 is 29.1 Å². The first-order chi connectivity index (χ1) is 15.1. The van der Waals surface area contributed by atoms with Crippen LogP contribution in [0.5, 0.6) is 0 Å². The molecule has 0 fully saturated rings. The van der Waals surface area contributed by atoms with E-state index in [0.29, 0.717) is 52.6 Å². The quantitative estimate of drug-likeness (QED) is 0.181. The monoisotopic (exact) mass is 456 g/mol. The van der Waals surface area contributed by atoms with E-state index in [4.69, 9.17) is 18.9 Å². The van der Waals surface area contributed by atoms with Crippen LogP contribution in [-0.4, -0.2) is 92.8 Å². The zero-order valence-electron chi connectivity index (χ0n) is 19.5. The van der Waals surface area contributed by atoms with E-state index in [1.807, 2.05) is 27.7 Å². The minimum Gasteiger partial charge on any atom is -0.377 e. The van der Waals surface area contributed by atoms with Crippen LogP contribution in [0.2, 0.25) is 0 Å². The first-order valence-corrected chi connectivity index (χ1v) is 10.7. The Bertz CT molecular complexity index is 642. The first kappa shape index (κ1) is 27.9. The molecule has 10 nitrogen and oxygen atoms in total. The Morgan fingerprint density at radius 3 is 2.16 bits per heavy atom. The summed E-state index contributed by atoms with van der Waals surface area (Å²) in [5.41, 5.74) is -1.01. The Morgan fingerprint density at radius 1 is 0.938 bits per heavy atom. The molecule has 0 aromatic heterocycles. The highest BCUT2D eigenvalue weighted by molar-refractivity contribution is 6.13. The van der Waals surface area contributed by atoms with Crippen molar-refractivity contribution < 1.29 is 38.1 Å². The summed E-state index contributed by atoms with van der Waals surface area (Å²) in [4.78, 5) is 46.2. The SMILES string of the molecule is CC(C)(CC=O)OCC(C)(C)OCCOCCOCCNC(=O)CCN1C(=O)C=CC1=O. The van der Waals surface area contributed by atoms with E-state index in [1.54, 1.807) is 0 Å². The molecule has 0 aromatic rings. The van der Waals surface area contributed by atoms with E-state index in [2.05, 4.69) is 5.32 Å². The van der Waals surface area contributed by atoms with E-state index in [1.165, 1.54) is 12.2 Å². The zero-order chi connectivity index (χ0) is 24.0. The van der Waals surface area contributed by atoms with Crippen molar-refractivity contribution in [2.75, 3.05) is 52.7 Å². The number of nitrogens with one attached hydrogen (secondary N) is 1. The maximum Gasteiger partial charge on any atom is 0.253 e. The number of ether oxygens (including phenoxy) is 4. The van der Waals surface area contributed by atoms with Gasteiger partial charge in [-0.25, -0.2) is 0 Å². The molecule has 1 aliphatic rings. The van der Waals surface area contributed by atoms with Crippen molar-refractivity contribution in [2.24, 2.45) is 0 Å². The molecule has 0 radical (unpaired) electrons. The molecule has 0 atom stereocenters. The van der Waals surface area contributed by atoms with E-state index in [9.17, 15) is 19.2 Å². The van der Waals surface area contributed by atoms with Crippen LogP contribution < -0.4 is 5.32 Å². The highest BCUT2D eigenvalue weighted by atomic mass is 16.6. The van der Waals surface area contributed by atoms with E-state index >= 15 is 0 Å². The first-order valence-electron chi connectivity index (χ1n) is 10.7. The smallest absolute Gasteiger partial charge is 0.253 e. The van der Waals surface area contributed by atoms with Crippen LogP contribution in [0.15, 0.2) is 12.2 Å². The van der Waals surface area contributed by atoms with Crippen molar-refractivity contribution in [3.8, 4) is 0 Å². The lowest BCUT2D eigenvalue weighted by Crippen LogP contribution is -2.37. The topological polar surface area (TPSA) is 120 Å². The molecule has 0 saturated heterocycles. The van der Waals surface area contributed by atoms with Gasteiger partial charge in [-0.2, -0.15) is 0 Å². The fourth-order valence-corrected chi connectivity index (χ4v) is 2.59. The van der Waals surface area contributed by atoms with Crippen LogP contribution in [0.3, 0.4) is 0 Å². The van der Waals surface area contributed by atoms with Gasteiger partial charge in [-0.3, -0.25) is 19.3 Å². The number of amides is 3. The van der Waals surface area contributed by atoms with Crippen LogP contribution in [0, 0.1) is 0 Å². The lowest BCUT2D eigenvalue weighted by Gasteiger charge is -2.31. The van der Waals surface area contributed by atoms with Gasteiger partial charge in [-0.15, -0.1) is 0 Å². The van der Waals surface area contributed by atoms with Gasteiger partial charge in [-0.05, 0) is 27.7 Å². The summed E-state index contributed by atoms with van der Waals surface area (Å²) >= 11 is 0. The third-order valence-electron chi connectivity index (χ3n) is 4.51. The lowest BCUT2D eigenvalue weighted by molar-refractivity contribution is -0.137. The summed E-state index contributed by atoms with van der Waals surface area (Å²) < 4.78 is 22.4. The second-order valence-electron chi connectivity index (χ2n) is 8.51. The number of nitrogens with zero attached hydrogens (tertiary/aromatic N) is 1. The molecule has 3 amide bonds. The number of hydrogen-bond acceptors (Lipinski definition) is 8. The lowest BCUT2D eigenvalue weighted by atomic mass is 10.1. The van der Waals surface area contributed by atoms with E-state index in [-0.39, 0.29) is 18.9 Å². The van der Waals surface area contributed by atoms with E-state index < -0.39 is 23.0 Å². The number of aldehydes is 1. The van der Waals surface area contributed by atoms with Crippen molar-refractivity contribution in [1.29, 1.82) is 0 Å². The third kappa shape index (κ3) is 12.0. The molecule has 1 N–H and O–H groups in total. The van der Waals surface area contributed by atoms with Crippen molar-refractivity contribution in [3.63, 3.8) is 0 Å². The van der Waals surface area contributed by atoms with Crippen molar-refractivity contribution >= 4 is 24.0 Å². The maximum atomic E-state index is 11.7. The molecular weight excluding hydrogens is 420 g/mol. The fourth-order valence-electron chi connectivity index (χ4n) is 2.59. The van der Waals surface area contributed by atoms with Crippen LogP contribution in [0.25, 0.3) is 0 Å². The molecule has 0 unspecified atom stereocenters. The third-order valence-corrected chi connectivity index (χ3v) is 4.51. The Labute approximate surface area is 189 Å². The van der Waals surface area contributed by atoms with Gasteiger partial charge in [0.1, 0.15) is 6.29 Å². The normalized spacial score (nSPS) is 14.3. The predicted octanol–water partition coefficient (Wildman–Crippen LogP) is 0.630. The highest BCUT2D eigenvalue weighted by Gasteiger charge is 2.25.